The van der Waals surface area contributed by atoms with Crippen LogP contribution >= 0.6 is 0 Å². The number of nitriles is 1. The number of pyridine rings is 1. The fourth-order valence-corrected chi connectivity index (χ4v) is 5.89. The predicted molar refractivity (Wildman–Crippen MR) is 182 cm³/mol. The lowest BCUT2D eigenvalue weighted by molar-refractivity contribution is -0.0974. The fourth-order valence-electron chi connectivity index (χ4n) is 5.13. The van der Waals surface area contributed by atoms with Crippen molar-refractivity contribution in [1.82, 2.24) is 14.9 Å². The Bertz CT molecular complexity index is 1820. The van der Waals surface area contributed by atoms with Crippen LogP contribution in [0.4, 0.5) is 19.3 Å². The molecular formula is C35H41F2N5O5Si. The van der Waals surface area contributed by atoms with Crippen molar-refractivity contribution in [3.05, 3.63) is 66.0 Å². The molecule has 5 rings (SSSR count). The highest BCUT2D eigenvalue weighted by Gasteiger charge is 2.33. The van der Waals surface area contributed by atoms with Crippen molar-refractivity contribution in [2.45, 2.75) is 59.3 Å². The molecule has 0 atom stereocenters. The topological polar surface area (TPSA) is 120 Å². The molecule has 0 spiro atoms. The number of aromatic nitrogens is 2. The van der Waals surface area contributed by atoms with E-state index in [9.17, 15) is 10.1 Å². The third kappa shape index (κ3) is 8.31. The van der Waals surface area contributed by atoms with Crippen molar-refractivity contribution >= 4 is 30.8 Å². The van der Waals surface area contributed by atoms with E-state index in [1.807, 2.05) is 33.0 Å². The largest absolute Gasteiger partial charge is 0.490 e. The van der Waals surface area contributed by atoms with E-state index in [-0.39, 0.29) is 29.7 Å². The van der Waals surface area contributed by atoms with Crippen molar-refractivity contribution in [3.8, 4) is 34.4 Å². The lowest BCUT2D eigenvalue weighted by Gasteiger charge is -2.37. The summed E-state index contributed by atoms with van der Waals surface area (Å²) in [6, 6.07) is 11.3. The van der Waals surface area contributed by atoms with Crippen molar-refractivity contribution in [2.75, 3.05) is 31.7 Å². The Morgan fingerprint density at radius 2 is 1.88 bits per heavy atom. The van der Waals surface area contributed by atoms with Crippen molar-refractivity contribution in [1.29, 1.82) is 5.26 Å². The summed E-state index contributed by atoms with van der Waals surface area (Å²) < 4.78 is 55.6. The molecule has 0 saturated carbocycles. The number of nitrogens with zero attached hydrogens (tertiary/aromatic N) is 3. The number of rotatable bonds is 13. The molecular weight excluding hydrogens is 636 g/mol. The summed E-state index contributed by atoms with van der Waals surface area (Å²) in [5.41, 5.74) is 1.84. The van der Waals surface area contributed by atoms with Crippen molar-refractivity contribution in [2.24, 2.45) is 5.41 Å². The molecule has 48 heavy (non-hydrogen) atoms. The van der Waals surface area contributed by atoms with Crippen LogP contribution in [0, 0.1) is 28.4 Å². The molecule has 2 amide bonds. The van der Waals surface area contributed by atoms with Crippen molar-refractivity contribution in [3.63, 3.8) is 0 Å². The zero-order valence-corrected chi connectivity index (χ0v) is 29.1. The van der Waals surface area contributed by atoms with Gasteiger partial charge in [-0.05, 0) is 43.7 Å². The lowest BCUT2D eigenvalue weighted by atomic mass is 9.89. The van der Waals surface area contributed by atoms with Crippen LogP contribution in [0.3, 0.4) is 0 Å². The highest BCUT2D eigenvalue weighted by Crippen LogP contribution is 2.41. The summed E-state index contributed by atoms with van der Waals surface area (Å²) in [6.07, 6.45) is 3.19. The number of anilines is 1. The summed E-state index contributed by atoms with van der Waals surface area (Å²) in [5.74, 6) is -2.07. The van der Waals surface area contributed by atoms with Gasteiger partial charge in [0.2, 0.25) is 0 Å². The molecule has 2 aromatic heterocycles. The van der Waals surface area contributed by atoms with Gasteiger partial charge in [0.15, 0.2) is 17.4 Å². The minimum atomic E-state index is -1.33. The molecule has 3 heterocycles. The first-order valence-electron chi connectivity index (χ1n) is 15.8. The van der Waals surface area contributed by atoms with E-state index in [2.05, 4.69) is 41.3 Å². The van der Waals surface area contributed by atoms with E-state index >= 15 is 8.78 Å². The monoisotopic (exact) mass is 677 g/mol. The van der Waals surface area contributed by atoms with Crippen LogP contribution in [0.2, 0.25) is 25.7 Å². The molecule has 1 aliphatic rings. The Hall–Kier alpha value is -4.51. The molecule has 1 fully saturated rings. The number of fused-ring (bicyclic) bond motifs is 1. The maximum Gasteiger partial charge on any atom is 0.319 e. The van der Waals surface area contributed by atoms with Gasteiger partial charge in [-0.15, -0.1) is 0 Å². The number of hydrogen-bond acceptors (Lipinski definition) is 7. The van der Waals surface area contributed by atoms with Crippen LogP contribution in [0.25, 0.3) is 22.2 Å². The van der Waals surface area contributed by atoms with E-state index in [1.54, 1.807) is 16.7 Å². The Labute approximate surface area is 280 Å². The SMILES string of the molecule is CC(C)Oc1ccc(-c2cn(COCC[Si](C)(C)C)c3nccc(Oc4c(F)cc(NC(=O)NCC5(C)COC5)cc4F)c23)cc1C#N. The second kappa shape index (κ2) is 14.3. The third-order valence-electron chi connectivity index (χ3n) is 7.76. The molecule has 13 heteroatoms. The Morgan fingerprint density at radius 3 is 2.50 bits per heavy atom. The number of urea groups is 1. The number of carbonyl (C=O) groups is 1. The van der Waals surface area contributed by atoms with Gasteiger partial charge >= 0.3 is 6.03 Å². The number of amides is 2. The maximum atomic E-state index is 15.4. The van der Waals surface area contributed by atoms with E-state index in [0.717, 1.165) is 18.2 Å². The molecule has 1 aliphatic heterocycles. The number of nitrogens with one attached hydrogen (secondary N) is 2. The Kier molecular flexibility index (Phi) is 10.4. The summed E-state index contributed by atoms with van der Waals surface area (Å²) >= 11 is 0. The molecule has 1 saturated heterocycles. The van der Waals surface area contributed by atoms with E-state index in [1.165, 1.54) is 12.3 Å². The molecule has 0 aliphatic carbocycles. The van der Waals surface area contributed by atoms with E-state index < -0.39 is 31.5 Å². The van der Waals surface area contributed by atoms with Gasteiger partial charge in [-0.1, -0.05) is 32.6 Å². The van der Waals surface area contributed by atoms with Crippen LogP contribution in [-0.2, 0) is 16.2 Å². The quantitative estimate of drug-likeness (QED) is 0.109. The first-order valence-corrected chi connectivity index (χ1v) is 19.5. The molecule has 2 aromatic carbocycles. The second-order valence-corrected chi connectivity index (χ2v) is 19.5. The zero-order chi connectivity index (χ0) is 34.6. The molecule has 254 valence electrons. The van der Waals surface area contributed by atoms with Crippen LogP contribution < -0.4 is 20.1 Å². The standard InChI is InChI=1S/C35H41F2N5O5Si/c1-22(2)46-29-8-7-23(13-24(29)16-38)26-17-42(21-44-11-12-48(4,5)6)33-31(26)30(9-10-39-33)47-32-27(36)14-25(15-28(32)37)41-34(43)40-18-35(3)19-45-20-35/h7-10,13-15,17,22H,11-12,18-21H2,1-6H3,(H2,40,41,43). The zero-order valence-electron chi connectivity index (χ0n) is 28.1. The van der Waals surface area contributed by atoms with Gasteiger partial charge in [0.05, 0.1) is 30.3 Å². The highest BCUT2D eigenvalue weighted by molar-refractivity contribution is 6.76. The first kappa shape index (κ1) is 34.8. The minimum absolute atomic E-state index is 0.0696. The van der Waals surface area contributed by atoms with Gasteiger partial charge < -0.3 is 34.1 Å². The van der Waals surface area contributed by atoms with Gasteiger partial charge in [0, 0.05) is 62.4 Å². The molecule has 10 nitrogen and oxygen atoms in total. The molecule has 0 unspecified atom stereocenters. The molecule has 2 N–H and O–H groups in total. The van der Waals surface area contributed by atoms with E-state index in [4.69, 9.17) is 18.9 Å². The predicted octanol–water partition coefficient (Wildman–Crippen LogP) is 7.90. The van der Waals surface area contributed by atoms with Crippen LogP contribution in [0.15, 0.2) is 48.8 Å². The Balaban J connectivity index is 1.47. The summed E-state index contributed by atoms with van der Waals surface area (Å²) in [7, 11) is -1.33. The summed E-state index contributed by atoms with van der Waals surface area (Å²) in [4.78, 5) is 17.0. The van der Waals surface area contributed by atoms with Crippen molar-refractivity contribution < 1.29 is 32.5 Å². The van der Waals surface area contributed by atoms with Gasteiger partial charge in [0.1, 0.15) is 29.9 Å². The molecule has 0 bridgehead atoms. The molecule has 0 radical (unpaired) electrons. The fraction of sp³-hybridized carbons (Fsp3) is 0.400. The number of ether oxygens (including phenoxy) is 4. The molecule has 4 aromatic rings. The minimum Gasteiger partial charge on any atom is -0.490 e. The number of hydrogen-bond donors (Lipinski definition) is 2. The van der Waals surface area contributed by atoms with Gasteiger partial charge in [-0.3, -0.25) is 0 Å². The number of halogens is 2. The first-order chi connectivity index (χ1) is 22.7. The third-order valence-corrected chi connectivity index (χ3v) is 9.47. The van der Waals surface area contributed by atoms with Gasteiger partial charge in [-0.2, -0.15) is 5.26 Å². The average molecular weight is 678 g/mol. The second-order valence-electron chi connectivity index (χ2n) is 13.8. The highest BCUT2D eigenvalue weighted by atomic mass is 28.3. The maximum absolute atomic E-state index is 15.4. The Morgan fingerprint density at radius 1 is 1.15 bits per heavy atom. The van der Waals surface area contributed by atoms with E-state index in [0.29, 0.717) is 59.8 Å². The smallest absolute Gasteiger partial charge is 0.319 e. The van der Waals surface area contributed by atoms with Gasteiger partial charge in [-0.25, -0.2) is 18.6 Å². The summed E-state index contributed by atoms with van der Waals surface area (Å²) in [5, 5.41) is 15.5. The van der Waals surface area contributed by atoms with Gasteiger partial charge in [0.25, 0.3) is 0 Å². The number of carbonyl (C=O) groups excluding carboxylic acids is 1. The normalized spacial score (nSPS) is 14.0. The van der Waals surface area contributed by atoms with Crippen LogP contribution in [0.1, 0.15) is 26.3 Å². The average Bonchev–Trinajstić information content (AvgIpc) is 3.38. The number of benzene rings is 2. The van der Waals surface area contributed by atoms with Crippen LogP contribution in [0.5, 0.6) is 17.2 Å². The summed E-state index contributed by atoms with van der Waals surface area (Å²) in [6.45, 7) is 14.7. The lowest BCUT2D eigenvalue weighted by Crippen LogP contribution is -2.49. The van der Waals surface area contributed by atoms with Crippen LogP contribution in [-0.4, -0.2) is 56.1 Å².